The van der Waals surface area contributed by atoms with Crippen LogP contribution in [0, 0.1) is 6.58 Å². The summed E-state index contributed by atoms with van der Waals surface area (Å²) in [4.78, 5) is 0. The highest BCUT2D eigenvalue weighted by molar-refractivity contribution is 7.85. The smallest absolute Gasteiger partial charge is 0.264 e. The van der Waals surface area contributed by atoms with Crippen LogP contribution in [0.1, 0.15) is 25.7 Å². The molecule has 0 aromatic carbocycles. The van der Waals surface area contributed by atoms with E-state index in [0.29, 0.717) is 6.42 Å². The fourth-order valence-electron chi connectivity index (χ4n) is 0.723. The van der Waals surface area contributed by atoms with Gasteiger partial charge < -0.3 is 0 Å². The zero-order valence-electron chi connectivity index (χ0n) is 6.36. The molecule has 0 aliphatic rings. The Morgan fingerprint density at radius 3 is 2.36 bits per heavy atom. The molecule has 0 saturated heterocycles. The van der Waals surface area contributed by atoms with Crippen molar-refractivity contribution >= 4 is 10.1 Å². The molecule has 65 valence electrons. The van der Waals surface area contributed by atoms with E-state index in [1.165, 1.54) is 0 Å². The van der Waals surface area contributed by atoms with Gasteiger partial charge in [-0.2, -0.15) is 8.42 Å². The number of hydrogen-bond acceptors (Lipinski definition) is 2. The van der Waals surface area contributed by atoms with Gasteiger partial charge in [-0.05, 0) is 19.3 Å². The van der Waals surface area contributed by atoms with E-state index in [9.17, 15) is 8.42 Å². The lowest BCUT2D eigenvalue weighted by Crippen LogP contribution is -2.03. The van der Waals surface area contributed by atoms with Gasteiger partial charge in [0, 0.05) is 0 Å². The van der Waals surface area contributed by atoms with Crippen LogP contribution in [-0.2, 0) is 10.1 Å². The summed E-state index contributed by atoms with van der Waals surface area (Å²) in [7, 11) is -3.75. The largest absolute Gasteiger partial charge is 0.286 e. The quantitative estimate of drug-likeness (QED) is 0.493. The Kier molecular flexibility index (Phi) is 5.15. The van der Waals surface area contributed by atoms with Gasteiger partial charge in [-0.15, -0.1) is 0 Å². The SMILES string of the molecule is [CH]=CCCCCCS(=O)(=O)O. The van der Waals surface area contributed by atoms with Crippen molar-refractivity contribution in [3.8, 4) is 0 Å². The standard InChI is InChI=1S/C7H13O3S/c1-2-3-4-5-6-7-11(8,9)10/h1-2H,3-7H2,(H,8,9,10). The summed E-state index contributed by atoms with van der Waals surface area (Å²) in [5.41, 5.74) is 0. The molecule has 0 spiro atoms. The lowest BCUT2D eigenvalue weighted by Gasteiger charge is -1.95. The van der Waals surface area contributed by atoms with Crippen molar-refractivity contribution in [3.63, 3.8) is 0 Å². The Morgan fingerprint density at radius 2 is 1.91 bits per heavy atom. The Balaban J connectivity index is 3.22. The number of unbranched alkanes of at least 4 members (excludes halogenated alkanes) is 3. The third-order valence-electron chi connectivity index (χ3n) is 1.27. The zero-order valence-corrected chi connectivity index (χ0v) is 7.18. The van der Waals surface area contributed by atoms with Crippen molar-refractivity contribution in [1.29, 1.82) is 0 Å². The van der Waals surface area contributed by atoms with Crippen LogP contribution in [-0.4, -0.2) is 18.7 Å². The van der Waals surface area contributed by atoms with Crippen LogP contribution in [0.5, 0.6) is 0 Å². The van der Waals surface area contributed by atoms with Gasteiger partial charge in [-0.3, -0.25) is 4.55 Å². The predicted molar refractivity (Wildman–Crippen MR) is 43.8 cm³/mol. The van der Waals surface area contributed by atoms with Gasteiger partial charge in [0.1, 0.15) is 0 Å². The predicted octanol–water partition coefficient (Wildman–Crippen LogP) is 1.42. The molecule has 0 aliphatic heterocycles. The van der Waals surface area contributed by atoms with Gasteiger partial charge in [-0.1, -0.05) is 19.1 Å². The minimum atomic E-state index is -3.75. The number of rotatable bonds is 6. The van der Waals surface area contributed by atoms with Crippen LogP contribution in [0.15, 0.2) is 6.08 Å². The molecule has 0 aromatic heterocycles. The summed E-state index contributed by atoms with van der Waals surface area (Å²) in [5, 5.41) is 0. The third-order valence-corrected chi connectivity index (χ3v) is 2.08. The minimum Gasteiger partial charge on any atom is -0.286 e. The summed E-state index contributed by atoms with van der Waals surface area (Å²) < 4.78 is 28.7. The maximum atomic E-state index is 10.2. The van der Waals surface area contributed by atoms with Crippen molar-refractivity contribution in [2.45, 2.75) is 25.7 Å². The molecule has 4 heteroatoms. The van der Waals surface area contributed by atoms with Crippen LogP contribution in [0.25, 0.3) is 0 Å². The molecule has 0 saturated carbocycles. The lowest BCUT2D eigenvalue weighted by molar-refractivity contribution is 0.479. The molecule has 0 heterocycles. The van der Waals surface area contributed by atoms with Crippen LogP contribution in [0.3, 0.4) is 0 Å². The van der Waals surface area contributed by atoms with E-state index in [1.807, 2.05) is 0 Å². The van der Waals surface area contributed by atoms with E-state index in [-0.39, 0.29) is 5.75 Å². The molecule has 3 nitrogen and oxygen atoms in total. The van der Waals surface area contributed by atoms with E-state index in [1.54, 1.807) is 6.08 Å². The molecule has 0 bridgehead atoms. The van der Waals surface area contributed by atoms with Crippen molar-refractivity contribution in [2.75, 3.05) is 5.75 Å². The molecule has 0 atom stereocenters. The maximum Gasteiger partial charge on any atom is 0.264 e. The summed E-state index contributed by atoms with van der Waals surface area (Å²) in [6.07, 6.45) is 4.52. The molecular weight excluding hydrogens is 164 g/mol. The van der Waals surface area contributed by atoms with Crippen molar-refractivity contribution in [2.24, 2.45) is 0 Å². The van der Waals surface area contributed by atoms with E-state index in [2.05, 4.69) is 0 Å². The number of allylic oxidation sites excluding steroid dienone is 1. The summed E-state index contributed by atoms with van der Waals surface area (Å²) >= 11 is 0. The van der Waals surface area contributed by atoms with Crippen molar-refractivity contribution < 1.29 is 13.0 Å². The Labute approximate surface area is 67.9 Å². The second kappa shape index (κ2) is 5.32. The van der Waals surface area contributed by atoms with Crippen molar-refractivity contribution in [3.05, 3.63) is 12.7 Å². The molecule has 0 fully saturated rings. The van der Waals surface area contributed by atoms with E-state index >= 15 is 0 Å². The average molecular weight is 177 g/mol. The summed E-state index contributed by atoms with van der Waals surface area (Å²) in [6.45, 7) is 5.10. The molecule has 0 aromatic rings. The van der Waals surface area contributed by atoms with Crippen LogP contribution >= 0.6 is 0 Å². The molecular formula is C7H13O3S. The zero-order chi connectivity index (χ0) is 8.74. The fourth-order valence-corrected chi connectivity index (χ4v) is 1.29. The lowest BCUT2D eigenvalue weighted by atomic mass is 10.2. The summed E-state index contributed by atoms with van der Waals surface area (Å²) in [5.74, 6) is -0.141. The fraction of sp³-hybridized carbons (Fsp3) is 0.714. The Bertz CT molecular complexity index is 194. The van der Waals surface area contributed by atoms with Crippen LogP contribution in [0.4, 0.5) is 0 Å². The van der Waals surface area contributed by atoms with Gasteiger partial charge in [0.05, 0.1) is 5.75 Å². The van der Waals surface area contributed by atoms with Crippen LogP contribution in [0.2, 0.25) is 0 Å². The van der Waals surface area contributed by atoms with E-state index < -0.39 is 10.1 Å². The highest BCUT2D eigenvalue weighted by Crippen LogP contribution is 2.01. The maximum absolute atomic E-state index is 10.2. The minimum absolute atomic E-state index is 0.141. The first-order chi connectivity index (χ1) is 5.06. The van der Waals surface area contributed by atoms with Gasteiger partial charge in [0.2, 0.25) is 0 Å². The van der Waals surface area contributed by atoms with Crippen LogP contribution < -0.4 is 0 Å². The van der Waals surface area contributed by atoms with Gasteiger partial charge in [0.15, 0.2) is 0 Å². The monoisotopic (exact) mass is 177 g/mol. The molecule has 0 unspecified atom stereocenters. The normalized spacial score (nSPS) is 11.4. The average Bonchev–Trinajstić information content (AvgIpc) is 1.85. The van der Waals surface area contributed by atoms with Gasteiger partial charge in [0.25, 0.3) is 10.1 Å². The van der Waals surface area contributed by atoms with E-state index in [4.69, 9.17) is 11.1 Å². The van der Waals surface area contributed by atoms with Gasteiger partial charge in [-0.25, -0.2) is 0 Å². The molecule has 1 radical (unpaired) electrons. The third kappa shape index (κ3) is 9.65. The molecule has 11 heavy (non-hydrogen) atoms. The van der Waals surface area contributed by atoms with E-state index in [0.717, 1.165) is 19.3 Å². The van der Waals surface area contributed by atoms with Gasteiger partial charge >= 0.3 is 0 Å². The molecule has 1 N–H and O–H groups in total. The molecule has 0 amide bonds. The molecule has 0 aliphatic carbocycles. The highest BCUT2D eigenvalue weighted by atomic mass is 32.2. The topological polar surface area (TPSA) is 54.4 Å². The number of hydrogen-bond donors (Lipinski definition) is 1. The second-order valence-electron chi connectivity index (χ2n) is 2.37. The van der Waals surface area contributed by atoms with Crippen molar-refractivity contribution in [1.82, 2.24) is 0 Å². The molecule has 0 rings (SSSR count). The first kappa shape index (κ1) is 10.7. The first-order valence-electron chi connectivity index (χ1n) is 3.55. The second-order valence-corrected chi connectivity index (χ2v) is 3.94. The Hall–Kier alpha value is -0.350. The highest BCUT2D eigenvalue weighted by Gasteiger charge is 2.01. The summed E-state index contributed by atoms with van der Waals surface area (Å²) in [6, 6.07) is 0. The first-order valence-corrected chi connectivity index (χ1v) is 5.16. The Morgan fingerprint density at radius 1 is 1.27 bits per heavy atom.